The second kappa shape index (κ2) is 11.0. The highest BCUT2D eigenvalue weighted by Crippen LogP contribution is 2.43. The van der Waals surface area contributed by atoms with Crippen LogP contribution in [0.1, 0.15) is 0 Å². The Morgan fingerprint density at radius 3 is 1.68 bits per heavy atom. The molecule has 0 atom stereocenters. The lowest BCUT2D eigenvalue weighted by Crippen LogP contribution is -1.95. The Labute approximate surface area is 319 Å². The summed E-state index contributed by atoms with van der Waals surface area (Å²) >= 11 is 0. The van der Waals surface area contributed by atoms with Gasteiger partial charge in [-0.2, -0.15) is 0 Å². The highest BCUT2D eigenvalue weighted by Gasteiger charge is 2.20. The maximum Gasteiger partial charge on any atom is 0.137 e. The summed E-state index contributed by atoms with van der Waals surface area (Å²) in [5, 5.41) is 11.7. The third kappa shape index (κ3) is 4.07. The zero-order valence-corrected chi connectivity index (χ0v) is 30.0. The molecule has 260 valence electrons. The molecule has 4 aromatic heterocycles. The molecule has 4 heterocycles. The molecule has 0 spiro atoms. The predicted molar refractivity (Wildman–Crippen MR) is 233 cm³/mol. The standard InChI is InChI=1S/C52H30N2O2/c1-2-13-34(14-3-1)53-45-18-8-6-16-36(45)39-27-43-41-26-33(22-24-50(41)56-52(43)29-47(39)53)32-21-23-46-38(25-32)40-28-42-37-17-7-9-20-49(37)55-51(42)30-48(40)54(46)44-19-10-12-31-11-4-5-15-35(31)44/h1-30H. The molecule has 9 aromatic carbocycles. The number of nitrogens with zero attached hydrogens (tertiary/aromatic N) is 2. The first-order valence-corrected chi connectivity index (χ1v) is 19.1. The van der Waals surface area contributed by atoms with Gasteiger partial charge in [0.05, 0.1) is 27.8 Å². The molecule has 0 aliphatic carbocycles. The Hall–Kier alpha value is -7.56. The van der Waals surface area contributed by atoms with Gasteiger partial charge in [-0.1, -0.05) is 103 Å². The first-order valence-electron chi connectivity index (χ1n) is 19.1. The van der Waals surface area contributed by atoms with Crippen LogP contribution in [0.3, 0.4) is 0 Å². The predicted octanol–water partition coefficient (Wildman–Crippen LogP) is 14.5. The zero-order chi connectivity index (χ0) is 36.5. The van der Waals surface area contributed by atoms with Crippen LogP contribution in [0, 0.1) is 0 Å². The van der Waals surface area contributed by atoms with E-state index in [1.165, 1.54) is 37.8 Å². The van der Waals surface area contributed by atoms with Crippen LogP contribution in [-0.2, 0) is 0 Å². The maximum atomic E-state index is 6.60. The summed E-state index contributed by atoms with van der Waals surface area (Å²) in [6, 6.07) is 65.4. The van der Waals surface area contributed by atoms with E-state index in [1.54, 1.807) is 0 Å². The van der Waals surface area contributed by atoms with Crippen molar-refractivity contribution in [1.82, 2.24) is 9.13 Å². The van der Waals surface area contributed by atoms with Crippen molar-refractivity contribution in [2.45, 2.75) is 0 Å². The summed E-state index contributed by atoms with van der Waals surface area (Å²) in [6.45, 7) is 0. The van der Waals surface area contributed by atoms with Gasteiger partial charge < -0.3 is 18.0 Å². The van der Waals surface area contributed by atoms with Crippen LogP contribution in [0.2, 0.25) is 0 Å². The molecule has 4 heteroatoms. The summed E-state index contributed by atoms with van der Waals surface area (Å²) in [5.41, 5.74) is 12.7. The molecular formula is C52H30N2O2. The average molecular weight is 715 g/mol. The highest BCUT2D eigenvalue weighted by atomic mass is 16.3. The lowest BCUT2D eigenvalue weighted by molar-refractivity contribution is 0.669. The summed E-state index contributed by atoms with van der Waals surface area (Å²) < 4.78 is 17.8. The minimum absolute atomic E-state index is 0.884. The lowest BCUT2D eigenvalue weighted by atomic mass is 10.00. The van der Waals surface area contributed by atoms with E-state index in [0.717, 1.165) is 82.9 Å². The fourth-order valence-corrected chi connectivity index (χ4v) is 9.35. The fourth-order valence-electron chi connectivity index (χ4n) is 9.35. The number of furan rings is 2. The summed E-state index contributed by atoms with van der Waals surface area (Å²) in [6.07, 6.45) is 0. The molecule has 0 saturated carbocycles. The van der Waals surface area contributed by atoms with Gasteiger partial charge in [-0.25, -0.2) is 0 Å². The Kier molecular flexibility index (Phi) is 5.86. The van der Waals surface area contributed by atoms with Gasteiger partial charge >= 0.3 is 0 Å². The molecule has 0 bridgehead atoms. The van der Waals surface area contributed by atoms with E-state index >= 15 is 0 Å². The number of hydrogen-bond acceptors (Lipinski definition) is 2. The van der Waals surface area contributed by atoms with Crippen molar-refractivity contribution in [1.29, 1.82) is 0 Å². The number of hydrogen-bond donors (Lipinski definition) is 0. The van der Waals surface area contributed by atoms with Crippen molar-refractivity contribution in [3.8, 4) is 22.5 Å². The monoisotopic (exact) mass is 714 g/mol. The summed E-state index contributed by atoms with van der Waals surface area (Å²) in [5.74, 6) is 0. The van der Waals surface area contributed by atoms with E-state index in [-0.39, 0.29) is 0 Å². The smallest absolute Gasteiger partial charge is 0.137 e. The van der Waals surface area contributed by atoms with E-state index in [1.807, 2.05) is 6.07 Å². The molecule has 0 aliphatic heterocycles. The molecule has 0 amide bonds. The van der Waals surface area contributed by atoms with Gasteiger partial charge in [0.2, 0.25) is 0 Å². The van der Waals surface area contributed by atoms with Crippen molar-refractivity contribution in [3.63, 3.8) is 0 Å². The van der Waals surface area contributed by atoms with Crippen LogP contribution in [0.5, 0.6) is 0 Å². The van der Waals surface area contributed by atoms with Crippen LogP contribution >= 0.6 is 0 Å². The largest absolute Gasteiger partial charge is 0.456 e. The molecule has 0 fully saturated rings. The Morgan fingerprint density at radius 1 is 0.286 bits per heavy atom. The Bertz CT molecular complexity index is 3760. The van der Waals surface area contributed by atoms with Crippen molar-refractivity contribution >= 4 is 98.3 Å². The van der Waals surface area contributed by atoms with Gasteiger partial charge in [0.1, 0.15) is 22.3 Å². The van der Waals surface area contributed by atoms with Gasteiger partial charge in [-0.15, -0.1) is 0 Å². The Balaban J connectivity index is 1.05. The quantitative estimate of drug-likeness (QED) is 0.183. The van der Waals surface area contributed by atoms with E-state index in [4.69, 9.17) is 8.83 Å². The third-order valence-electron chi connectivity index (χ3n) is 11.9. The van der Waals surface area contributed by atoms with Crippen molar-refractivity contribution in [2.24, 2.45) is 0 Å². The fraction of sp³-hybridized carbons (Fsp3) is 0. The number of fused-ring (bicyclic) bond motifs is 13. The van der Waals surface area contributed by atoms with Crippen LogP contribution in [0.25, 0.3) is 121 Å². The van der Waals surface area contributed by atoms with Gasteiger partial charge in [0.15, 0.2) is 0 Å². The van der Waals surface area contributed by atoms with Crippen molar-refractivity contribution < 1.29 is 8.83 Å². The number of para-hydroxylation sites is 3. The van der Waals surface area contributed by atoms with E-state index < -0.39 is 0 Å². The molecule has 0 unspecified atom stereocenters. The number of rotatable bonds is 3. The van der Waals surface area contributed by atoms with Crippen LogP contribution in [0.15, 0.2) is 191 Å². The van der Waals surface area contributed by atoms with Gasteiger partial charge in [-0.3, -0.25) is 0 Å². The molecule has 13 rings (SSSR count). The van der Waals surface area contributed by atoms with Crippen LogP contribution in [-0.4, -0.2) is 9.13 Å². The maximum absolute atomic E-state index is 6.60. The molecule has 56 heavy (non-hydrogen) atoms. The molecule has 0 saturated heterocycles. The van der Waals surface area contributed by atoms with E-state index in [9.17, 15) is 0 Å². The Morgan fingerprint density at radius 2 is 0.839 bits per heavy atom. The minimum atomic E-state index is 0.884. The molecule has 0 radical (unpaired) electrons. The first kappa shape index (κ1) is 29.8. The molecular weight excluding hydrogens is 685 g/mol. The molecule has 0 N–H and O–H groups in total. The van der Waals surface area contributed by atoms with Gasteiger partial charge in [0.25, 0.3) is 0 Å². The summed E-state index contributed by atoms with van der Waals surface area (Å²) in [7, 11) is 0. The van der Waals surface area contributed by atoms with Crippen molar-refractivity contribution in [2.75, 3.05) is 0 Å². The second-order valence-corrected chi connectivity index (χ2v) is 14.9. The van der Waals surface area contributed by atoms with Crippen molar-refractivity contribution in [3.05, 3.63) is 182 Å². The second-order valence-electron chi connectivity index (χ2n) is 14.9. The molecule has 4 nitrogen and oxygen atoms in total. The third-order valence-corrected chi connectivity index (χ3v) is 11.9. The molecule has 0 aliphatic rings. The number of benzene rings is 9. The zero-order valence-electron chi connectivity index (χ0n) is 30.0. The van der Waals surface area contributed by atoms with Crippen LogP contribution in [0.4, 0.5) is 0 Å². The SMILES string of the molecule is c1ccc(-n2c3ccccc3c3cc4c(cc32)oc2ccc(-c3ccc5c(c3)c3cc6c(cc3n5-c3cccc5ccccc35)oc3ccccc36)cc24)cc1. The van der Waals surface area contributed by atoms with E-state index in [2.05, 4.69) is 185 Å². The lowest BCUT2D eigenvalue weighted by Gasteiger charge is -2.12. The molecule has 13 aromatic rings. The number of aromatic nitrogens is 2. The topological polar surface area (TPSA) is 36.1 Å². The van der Waals surface area contributed by atoms with E-state index in [0.29, 0.717) is 0 Å². The van der Waals surface area contributed by atoms with Crippen LogP contribution < -0.4 is 0 Å². The van der Waals surface area contributed by atoms with Gasteiger partial charge in [-0.05, 0) is 83.2 Å². The highest BCUT2D eigenvalue weighted by molar-refractivity contribution is 6.20. The first-order chi connectivity index (χ1) is 27.7. The summed E-state index contributed by atoms with van der Waals surface area (Å²) in [4.78, 5) is 0. The normalized spacial score (nSPS) is 12.3. The van der Waals surface area contributed by atoms with Gasteiger partial charge in [0, 0.05) is 66.3 Å². The average Bonchev–Trinajstić information content (AvgIpc) is 3.98. The minimum Gasteiger partial charge on any atom is -0.456 e.